The molecule has 4 heterocycles. The van der Waals surface area contributed by atoms with Crippen LogP contribution in [0.4, 0.5) is 4.39 Å². The van der Waals surface area contributed by atoms with Crippen LogP contribution < -0.4 is 5.32 Å². The molecule has 6 rings (SSSR count). The molecule has 1 aromatic carbocycles. The van der Waals surface area contributed by atoms with Crippen LogP contribution in [-0.2, 0) is 28.5 Å². The zero-order chi connectivity index (χ0) is 42.2. The fourth-order valence-electron chi connectivity index (χ4n) is 8.31. The Bertz CT molecular complexity index is 1680. The van der Waals surface area contributed by atoms with E-state index in [4.69, 9.17) is 18.9 Å². The molecule has 19 heteroatoms. The number of benzene rings is 1. The van der Waals surface area contributed by atoms with Crippen molar-refractivity contribution in [3.05, 3.63) is 51.7 Å². The van der Waals surface area contributed by atoms with Crippen LogP contribution >= 0.6 is 11.3 Å². The number of thiazole rings is 1. The topological polar surface area (TPSA) is 258 Å². The van der Waals surface area contributed by atoms with Crippen molar-refractivity contribution in [1.29, 1.82) is 0 Å². The van der Waals surface area contributed by atoms with Crippen LogP contribution in [0.5, 0.6) is 0 Å². The summed E-state index contributed by atoms with van der Waals surface area (Å²) in [6.07, 6.45) is -7.73. The predicted octanol–water partition coefficient (Wildman–Crippen LogP) is 0.443. The second-order valence-electron chi connectivity index (χ2n) is 15.7. The van der Waals surface area contributed by atoms with E-state index in [0.717, 1.165) is 38.5 Å². The van der Waals surface area contributed by atoms with Gasteiger partial charge in [-0.05, 0) is 68.7 Å². The summed E-state index contributed by atoms with van der Waals surface area (Å²) in [4.78, 5) is 47.0. The van der Waals surface area contributed by atoms with Gasteiger partial charge in [-0.1, -0.05) is 25.7 Å². The van der Waals surface area contributed by atoms with Gasteiger partial charge in [-0.15, -0.1) is 11.3 Å². The molecule has 12 atom stereocenters. The number of amides is 2. The number of ether oxygens (including phenoxy) is 4. The number of carbonyl (C=O) groups is 3. The zero-order valence-corrected chi connectivity index (χ0v) is 33.5. The maximum Gasteiger partial charge on any atom is 0.246 e. The maximum atomic E-state index is 14.3. The highest BCUT2D eigenvalue weighted by atomic mass is 32.1. The average Bonchev–Trinajstić information content (AvgIpc) is 3.95. The lowest BCUT2D eigenvalue weighted by Crippen LogP contribution is -2.64. The molecule has 0 radical (unpaired) electrons. The van der Waals surface area contributed by atoms with Crippen LogP contribution in [0.3, 0.4) is 0 Å². The summed E-state index contributed by atoms with van der Waals surface area (Å²) >= 11 is 1.31. The lowest BCUT2D eigenvalue weighted by molar-refractivity contribution is -0.359. The Labute approximate surface area is 345 Å². The van der Waals surface area contributed by atoms with Gasteiger partial charge < -0.3 is 64.9 Å². The Morgan fingerprint density at radius 3 is 2.25 bits per heavy atom. The quantitative estimate of drug-likeness (QED) is 0.0794. The monoisotopic (exact) mass is 853 g/mol. The van der Waals surface area contributed by atoms with Gasteiger partial charge in [0.25, 0.3) is 0 Å². The van der Waals surface area contributed by atoms with Gasteiger partial charge in [0.2, 0.25) is 17.6 Å². The summed E-state index contributed by atoms with van der Waals surface area (Å²) in [5, 5.41) is 76.8. The van der Waals surface area contributed by atoms with Crippen LogP contribution in [0.15, 0.2) is 29.6 Å². The molecule has 4 aliphatic rings. The minimum atomic E-state index is -1.78. The highest BCUT2D eigenvalue weighted by Gasteiger charge is 2.51. The minimum absolute atomic E-state index is 0.0102. The number of halogens is 1. The van der Waals surface area contributed by atoms with Crippen LogP contribution in [0.1, 0.15) is 97.7 Å². The Hall–Kier alpha value is -3.05. The molecule has 0 bridgehead atoms. The van der Waals surface area contributed by atoms with Gasteiger partial charge in [-0.3, -0.25) is 14.4 Å². The number of carbonyl (C=O) groups excluding carboxylic acids is 3. The van der Waals surface area contributed by atoms with Crippen molar-refractivity contribution >= 4 is 28.9 Å². The molecular weight excluding hydrogens is 798 g/mol. The Morgan fingerprint density at radius 2 is 1.54 bits per heavy atom. The number of ketones is 1. The fraction of sp³-hybridized carbons (Fsp3) is 0.700. The standard InChI is InChI=1S/C40H56FN3O14S/c41-23-14-12-22(13-15-23)30(48)24-20-59-37(42-24)25-10-7-16-44(25)38(54)29(21-8-3-1-4-9-21)43-28(47)11-5-2-6-17-55-39-35(53)33(51)36(27(19-46)57-39)58-40-34(52)32(50)31(49)26(18-45)56-40/h12-15,20-21,25-27,29,31-36,39-40,45-46,49-53H,1-11,16-19H2,(H,43,47)/t25-,26?,27?,29-,31?,32+,33?,34-,35-,36+,39+,40-/m0/s1. The largest absolute Gasteiger partial charge is 0.394 e. The maximum absolute atomic E-state index is 14.3. The highest BCUT2D eigenvalue weighted by molar-refractivity contribution is 7.10. The normalized spacial score (nSPS) is 32.2. The number of likely N-dealkylation sites (tertiary alicyclic amines) is 1. The van der Waals surface area contributed by atoms with Crippen LogP contribution in [0.25, 0.3) is 0 Å². The SMILES string of the molecule is O=C(CCCCCO[C@@H]1OC(CO)[C@@H](O[C@@H]2OC(CO)C(O)[C@@H](O)[C@@H]2O)C(O)[C@@H]1O)N[C@H](C(=O)N1CCC[C@H]1c1nc(C(=O)c2ccc(F)cc2)cs1)C1CCCCC1. The van der Waals surface area contributed by atoms with E-state index in [1.54, 1.807) is 10.3 Å². The smallest absolute Gasteiger partial charge is 0.246 e. The van der Waals surface area contributed by atoms with E-state index in [1.165, 1.54) is 35.6 Å². The summed E-state index contributed by atoms with van der Waals surface area (Å²) in [7, 11) is 0. The first-order chi connectivity index (χ1) is 28.4. The molecule has 4 fully saturated rings. The molecule has 328 valence electrons. The van der Waals surface area contributed by atoms with Gasteiger partial charge in [0.1, 0.15) is 71.4 Å². The molecule has 1 saturated carbocycles. The van der Waals surface area contributed by atoms with Crippen molar-refractivity contribution in [2.24, 2.45) is 5.92 Å². The number of aliphatic hydroxyl groups excluding tert-OH is 7. The molecule has 8 N–H and O–H groups in total. The van der Waals surface area contributed by atoms with Crippen molar-refractivity contribution in [2.45, 2.75) is 144 Å². The molecule has 1 aliphatic carbocycles. The third-order valence-electron chi connectivity index (χ3n) is 11.7. The Kier molecular flexibility index (Phi) is 16.3. The average molecular weight is 854 g/mol. The van der Waals surface area contributed by atoms with Gasteiger partial charge in [-0.25, -0.2) is 9.37 Å². The molecular formula is C40H56FN3O14S. The predicted molar refractivity (Wildman–Crippen MR) is 205 cm³/mol. The van der Waals surface area contributed by atoms with E-state index in [1.807, 2.05) is 0 Å². The summed E-state index contributed by atoms with van der Waals surface area (Å²) in [5.74, 6) is -1.19. The van der Waals surface area contributed by atoms with E-state index in [9.17, 15) is 54.5 Å². The van der Waals surface area contributed by atoms with Gasteiger partial charge in [0.05, 0.1) is 19.3 Å². The van der Waals surface area contributed by atoms with Gasteiger partial charge in [0.15, 0.2) is 12.6 Å². The van der Waals surface area contributed by atoms with Crippen molar-refractivity contribution in [3.8, 4) is 0 Å². The summed E-state index contributed by atoms with van der Waals surface area (Å²) in [6, 6.07) is 4.25. The molecule has 4 unspecified atom stereocenters. The van der Waals surface area contributed by atoms with E-state index < -0.39 is 86.5 Å². The summed E-state index contributed by atoms with van der Waals surface area (Å²) < 4.78 is 35.7. The molecule has 0 spiro atoms. The Balaban J connectivity index is 0.970. The number of hydrogen-bond donors (Lipinski definition) is 8. The number of nitrogens with zero attached hydrogens (tertiary/aromatic N) is 2. The van der Waals surface area contributed by atoms with Crippen LogP contribution in [0.2, 0.25) is 0 Å². The van der Waals surface area contributed by atoms with E-state index >= 15 is 0 Å². The van der Waals surface area contributed by atoms with E-state index in [-0.39, 0.29) is 48.3 Å². The third-order valence-corrected chi connectivity index (χ3v) is 12.6. The molecule has 2 aromatic rings. The summed E-state index contributed by atoms with van der Waals surface area (Å²) in [5.41, 5.74) is 0.559. The second kappa shape index (κ2) is 21.2. The van der Waals surface area contributed by atoms with E-state index in [0.29, 0.717) is 42.8 Å². The zero-order valence-electron chi connectivity index (χ0n) is 32.7. The molecule has 59 heavy (non-hydrogen) atoms. The fourth-order valence-corrected chi connectivity index (χ4v) is 9.26. The highest BCUT2D eigenvalue weighted by Crippen LogP contribution is 2.37. The van der Waals surface area contributed by atoms with Gasteiger partial charge in [-0.2, -0.15) is 0 Å². The van der Waals surface area contributed by atoms with Crippen LogP contribution in [-0.4, -0.2) is 157 Å². The molecule has 3 saturated heterocycles. The number of nitrogens with one attached hydrogen (secondary N) is 1. The van der Waals surface area contributed by atoms with Crippen LogP contribution in [0, 0.1) is 11.7 Å². The van der Waals surface area contributed by atoms with E-state index in [2.05, 4.69) is 10.3 Å². The number of unbranched alkanes of at least 4 members (excludes halogenated alkanes) is 2. The Morgan fingerprint density at radius 1 is 0.847 bits per heavy atom. The summed E-state index contributed by atoms with van der Waals surface area (Å²) in [6.45, 7) is -0.814. The van der Waals surface area contributed by atoms with Crippen molar-refractivity contribution < 1.29 is 73.5 Å². The first kappa shape index (κ1) is 45.5. The molecule has 17 nitrogen and oxygen atoms in total. The lowest BCUT2D eigenvalue weighted by Gasteiger charge is -2.45. The van der Waals surface area contributed by atoms with Crippen molar-refractivity contribution in [3.63, 3.8) is 0 Å². The number of aromatic nitrogens is 1. The van der Waals surface area contributed by atoms with Crippen molar-refractivity contribution in [2.75, 3.05) is 26.4 Å². The second-order valence-corrected chi connectivity index (χ2v) is 16.6. The third kappa shape index (κ3) is 10.9. The van der Waals surface area contributed by atoms with Gasteiger partial charge >= 0.3 is 0 Å². The first-order valence-electron chi connectivity index (χ1n) is 20.5. The number of aliphatic hydroxyl groups is 7. The minimum Gasteiger partial charge on any atom is -0.394 e. The van der Waals surface area contributed by atoms with Gasteiger partial charge in [0, 0.05) is 30.5 Å². The molecule has 1 aromatic heterocycles. The number of rotatable bonds is 17. The first-order valence-corrected chi connectivity index (χ1v) is 21.3. The van der Waals surface area contributed by atoms with Crippen molar-refractivity contribution in [1.82, 2.24) is 15.2 Å². The molecule has 2 amide bonds. The lowest BCUT2D eigenvalue weighted by atomic mass is 9.83. The molecule has 3 aliphatic heterocycles. The number of hydrogen-bond acceptors (Lipinski definition) is 16.